The summed E-state index contributed by atoms with van der Waals surface area (Å²) in [5, 5.41) is 7.72. The SMILES string of the molecule is C[C@@H]1CCCC[C@@]12NC(=O)N(CC(=O)N(C)Cc1cn(-c3ccccc3)nc1-c1ccccc1)C2=O. The zero-order valence-electron chi connectivity index (χ0n) is 20.7. The van der Waals surface area contributed by atoms with Crippen LogP contribution in [0.15, 0.2) is 66.9 Å². The zero-order valence-corrected chi connectivity index (χ0v) is 20.7. The fraction of sp³-hybridized carbons (Fsp3) is 0.357. The molecule has 1 aliphatic carbocycles. The molecule has 8 nitrogen and oxygen atoms in total. The van der Waals surface area contributed by atoms with Crippen molar-refractivity contribution >= 4 is 17.8 Å². The van der Waals surface area contributed by atoms with Crippen LogP contribution in [0.2, 0.25) is 0 Å². The number of urea groups is 1. The first-order chi connectivity index (χ1) is 17.4. The Bertz CT molecular complexity index is 1270. The number of nitrogens with one attached hydrogen (secondary N) is 1. The molecule has 0 radical (unpaired) electrons. The number of hydrogen-bond donors (Lipinski definition) is 1. The second kappa shape index (κ2) is 9.60. The van der Waals surface area contributed by atoms with E-state index in [2.05, 4.69) is 5.32 Å². The third kappa shape index (κ3) is 4.27. The van der Waals surface area contributed by atoms with E-state index in [0.717, 1.165) is 46.7 Å². The normalized spacial score (nSPS) is 21.6. The van der Waals surface area contributed by atoms with E-state index in [1.165, 1.54) is 0 Å². The second-order valence-corrected chi connectivity index (χ2v) is 9.84. The first-order valence-electron chi connectivity index (χ1n) is 12.5. The Kier molecular flexibility index (Phi) is 6.35. The number of rotatable bonds is 6. The van der Waals surface area contributed by atoms with Crippen LogP contribution in [0.3, 0.4) is 0 Å². The lowest BCUT2D eigenvalue weighted by Crippen LogP contribution is -2.54. The Balaban J connectivity index is 1.35. The van der Waals surface area contributed by atoms with E-state index in [9.17, 15) is 14.4 Å². The molecule has 2 heterocycles. The maximum Gasteiger partial charge on any atom is 0.325 e. The number of benzene rings is 2. The summed E-state index contributed by atoms with van der Waals surface area (Å²) in [7, 11) is 1.69. The standard InChI is InChI=1S/C28H31N5O3/c1-20-11-9-10-16-28(20)26(35)32(27(36)29-28)19-24(34)31(2)17-22-18-33(23-14-7-4-8-15-23)30-25(22)21-12-5-3-6-13-21/h3-8,12-15,18,20H,9-11,16-17,19H2,1-2H3,(H,29,36)/t20-,28-/m1/s1. The summed E-state index contributed by atoms with van der Waals surface area (Å²) in [4.78, 5) is 41.8. The van der Waals surface area contributed by atoms with Gasteiger partial charge < -0.3 is 10.2 Å². The van der Waals surface area contributed by atoms with Gasteiger partial charge in [-0.3, -0.25) is 14.5 Å². The van der Waals surface area contributed by atoms with Gasteiger partial charge in [0.15, 0.2) is 0 Å². The van der Waals surface area contributed by atoms with Crippen molar-refractivity contribution in [2.24, 2.45) is 5.92 Å². The highest BCUT2D eigenvalue weighted by atomic mass is 16.2. The van der Waals surface area contributed by atoms with Crippen LogP contribution < -0.4 is 5.32 Å². The Morgan fingerprint density at radius 1 is 1.08 bits per heavy atom. The summed E-state index contributed by atoms with van der Waals surface area (Å²) < 4.78 is 1.81. The van der Waals surface area contributed by atoms with Crippen LogP contribution in [0.4, 0.5) is 4.79 Å². The third-order valence-electron chi connectivity index (χ3n) is 7.49. The maximum absolute atomic E-state index is 13.3. The van der Waals surface area contributed by atoms with E-state index < -0.39 is 11.6 Å². The van der Waals surface area contributed by atoms with Crippen molar-refractivity contribution < 1.29 is 14.4 Å². The maximum atomic E-state index is 13.3. The Morgan fingerprint density at radius 3 is 2.47 bits per heavy atom. The average Bonchev–Trinajstić information content (AvgIpc) is 3.42. The van der Waals surface area contributed by atoms with Crippen molar-refractivity contribution in [1.82, 2.24) is 24.9 Å². The van der Waals surface area contributed by atoms with Crippen LogP contribution >= 0.6 is 0 Å². The van der Waals surface area contributed by atoms with Gasteiger partial charge in [0.25, 0.3) is 5.91 Å². The minimum Gasteiger partial charge on any atom is -0.340 e. The highest BCUT2D eigenvalue weighted by molar-refractivity contribution is 6.09. The van der Waals surface area contributed by atoms with Crippen LogP contribution in [0.25, 0.3) is 16.9 Å². The van der Waals surface area contributed by atoms with Gasteiger partial charge in [-0.1, -0.05) is 68.3 Å². The summed E-state index contributed by atoms with van der Waals surface area (Å²) in [6, 6.07) is 19.2. The number of hydrogen-bond acceptors (Lipinski definition) is 4. The summed E-state index contributed by atoms with van der Waals surface area (Å²) in [6.45, 7) is 2.02. The number of para-hydroxylation sites is 1. The topological polar surface area (TPSA) is 87.5 Å². The van der Waals surface area contributed by atoms with Crippen LogP contribution in [-0.2, 0) is 16.1 Å². The summed E-state index contributed by atoms with van der Waals surface area (Å²) in [5.74, 6) is -0.522. The molecule has 2 atom stereocenters. The monoisotopic (exact) mass is 485 g/mol. The number of imide groups is 1. The minimum absolute atomic E-state index is 0.0535. The molecule has 1 saturated carbocycles. The molecule has 4 amide bonds. The Hall–Kier alpha value is -3.94. The summed E-state index contributed by atoms with van der Waals surface area (Å²) in [5.41, 5.74) is 2.65. The van der Waals surface area contributed by atoms with Gasteiger partial charge in [0.2, 0.25) is 5.91 Å². The molecule has 2 aliphatic rings. The first kappa shape index (κ1) is 23.8. The predicted molar refractivity (Wildman–Crippen MR) is 136 cm³/mol. The van der Waals surface area contributed by atoms with Gasteiger partial charge in [-0.2, -0.15) is 5.10 Å². The molecule has 1 aromatic heterocycles. The predicted octanol–water partition coefficient (Wildman–Crippen LogP) is 4.00. The highest BCUT2D eigenvalue weighted by Gasteiger charge is 2.55. The van der Waals surface area contributed by atoms with E-state index in [1.807, 2.05) is 78.5 Å². The zero-order chi connectivity index (χ0) is 25.3. The van der Waals surface area contributed by atoms with Crippen molar-refractivity contribution in [3.05, 3.63) is 72.4 Å². The lowest BCUT2D eigenvalue weighted by molar-refractivity contribution is -0.140. The van der Waals surface area contributed by atoms with Crippen LogP contribution in [0.1, 0.15) is 38.2 Å². The molecule has 5 rings (SSSR count). The van der Waals surface area contributed by atoms with Gasteiger partial charge in [0.05, 0.1) is 11.4 Å². The average molecular weight is 486 g/mol. The molecule has 186 valence electrons. The van der Waals surface area contributed by atoms with E-state index >= 15 is 0 Å². The van der Waals surface area contributed by atoms with Gasteiger partial charge >= 0.3 is 6.03 Å². The molecule has 1 spiro atoms. The number of amides is 4. The molecular weight excluding hydrogens is 454 g/mol. The molecule has 0 bridgehead atoms. The largest absolute Gasteiger partial charge is 0.340 e. The van der Waals surface area contributed by atoms with Gasteiger partial charge in [-0.15, -0.1) is 0 Å². The molecule has 8 heteroatoms. The van der Waals surface area contributed by atoms with Crippen LogP contribution in [-0.4, -0.2) is 56.6 Å². The van der Waals surface area contributed by atoms with Gasteiger partial charge in [0, 0.05) is 30.9 Å². The number of likely N-dealkylation sites (N-methyl/N-ethyl adjacent to an activating group) is 1. The van der Waals surface area contributed by atoms with E-state index in [-0.39, 0.29) is 24.3 Å². The lowest BCUT2D eigenvalue weighted by Gasteiger charge is -2.36. The second-order valence-electron chi connectivity index (χ2n) is 9.84. The number of carbonyl (C=O) groups excluding carboxylic acids is 3. The lowest BCUT2D eigenvalue weighted by atomic mass is 9.73. The minimum atomic E-state index is -0.870. The molecule has 0 unspecified atom stereocenters. The molecule has 2 aromatic carbocycles. The number of carbonyl (C=O) groups is 3. The smallest absolute Gasteiger partial charge is 0.325 e. The molecule has 3 aromatic rings. The summed E-state index contributed by atoms with van der Waals surface area (Å²) >= 11 is 0. The van der Waals surface area contributed by atoms with Gasteiger partial charge in [-0.25, -0.2) is 9.48 Å². The molecule has 1 N–H and O–H groups in total. The van der Waals surface area contributed by atoms with E-state index in [4.69, 9.17) is 5.10 Å². The molecule has 36 heavy (non-hydrogen) atoms. The van der Waals surface area contributed by atoms with Crippen LogP contribution in [0, 0.1) is 5.92 Å². The molecule has 2 fully saturated rings. The fourth-order valence-corrected chi connectivity index (χ4v) is 5.32. The Morgan fingerprint density at radius 2 is 1.78 bits per heavy atom. The van der Waals surface area contributed by atoms with Crippen molar-refractivity contribution in [3.8, 4) is 16.9 Å². The highest BCUT2D eigenvalue weighted by Crippen LogP contribution is 2.38. The fourth-order valence-electron chi connectivity index (χ4n) is 5.32. The van der Waals surface area contributed by atoms with Gasteiger partial charge in [0.1, 0.15) is 12.1 Å². The Labute approximate surface area is 210 Å². The number of nitrogens with zero attached hydrogens (tertiary/aromatic N) is 4. The van der Waals surface area contributed by atoms with Crippen molar-refractivity contribution in [2.75, 3.05) is 13.6 Å². The summed E-state index contributed by atoms with van der Waals surface area (Å²) in [6.07, 6.45) is 5.38. The van der Waals surface area contributed by atoms with Crippen molar-refractivity contribution in [1.29, 1.82) is 0 Å². The molecule has 1 saturated heterocycles. The van der Waals surface area contributed by atoms with E-state index in [1.54, 1.807) is 11.9 Å². The quantitative estimate of drug-likeness (QED) is 0.535. The van der Waals surface area contributed by atoms with Crippen molar-refractivity contribution in [2.45, 2.75) is 44.7 Å². The van der Waals surface area contributed by atoms with E-state index in [0.29, 0.717) is 13.0 Å². The molecular formula is C28H31N5O3. The van der Waals surface area contributed by atoms with Gasteiger partial charge in [-0.05, 0) is 30.9 Å². The third-order valence-corrected chi connectivity index (χ3v) is 7.49. The van der Waals surface area contributed by atoms with Crippen molar-refractivity contribution in [3.63, 3.8) is 0 Å². The first-order valence-corrected chi connectivity index (χ1v) is 12.5. The van der Waals surface area contributed by atoms with Crippen LogP contribution in [0.5, 0.6) is 0 Å². The molecule has 1 aliphatic heterocycles. The number of aromatic nitrogens is 2.